The van der Waals surface area contributed by atoms with E-state index in [0.29, 0.717) is 12.0 Å². The lowest BCUT2D eigenvalue weighted by Gasteiger charge is -2.22. The summed E-state index contributed by atoms with van der Waals surface area (Å²) in [4.78, 5) is 4.50. The summed E-state index contributed by atoms with van der Waals surface area (Å²) in [6, 6.07) is 0.682. The summed E-state index contributed by atoms with van der Waals surface area (Å²) in [7, 11) is 0. The maximum atomic E-state index is 4.50. The quantitative estimate of drug-likeness (QED) is 0.819. The van der Waals surface area contributed by atoms with Crippen molar-refractivity contribution < 1.29 is 0 Å². The smallest absolute Gasteiger partial charge is 0.153 e. The lowest BCUT2D eigenvalue weighted by Crippen LogP contribution is -2.34. The molecule has 4 heteroatoms. The van der Waals surface area contributed by atoms with E-state index in [0.717, 1.165) is 18.1 Å². The van der Waals surface area contributed by atoms with Crippen LogP contribution in [0.3, 0.4) is 0 Å². The lowest BCUT2D eigenvalue weighted by molar-refractivity contribution is 0.381. The number of piperidine rings is 1. The molecule has 2 N–H and O–H groups in total. The van der Waals surface area contributed by atoms with Crippen molar-refractivity contribution in [3.05, 3.63) is 11.6 Å². The largest absolute Gasteiger partial charge is 0.314 e. The summed E-state index contributed by atoms with van der Waals surface area (Å²) < 4.78 is 0. The SMILES string of the molecule is CC(C)c1n[nH]c(CCC2CCCCN2)n1. The van der Waals surface area contributed by atoms with E-state index in [1.165, 1.54) is 32.2 Å². The molecule has 0 aliphatic carbocycles. The number of aryl methyl sites for hydroxylation is 1. The van der Waals surface area contributed by atoms with Crippen LogP contribution in [0.5, 0.6) is 0 Å². The molecule has 1 aliphatic heterocycles. The van der Waals surface area contributed by atoms with Crippen LogP contribution >= 0.6 is 0 Å². The summed E-state index contributed by atoms with van der Waals surface area (Å²) >= 11 is 0. The predicted molar refractivity (Wildman–Crippen MR) is 64.4 cm³/mol. The zero-order valence-electron chi connectivity index (χ0n) is 10.3. The minimum absolute atomic E-state index is 0.415. The molecule has 1 fully saturated rings. The zero-order valence-corrected chi connectivity index (χ0v) is 10.3. The van der Waals surface area contributed by atoms with Gasteiger partial charge >= 0.3 is 0 Å². The first-order valence-corrected chi connectivity index (χ1v) is 6.40. The van der Waals surface area contributed by atoms with Gasteiger partial charge in [-0.3, -0.25) is 5.10 Å². The van der Waals surface area contributed by atoms with E-state index in [1.807, 2.05) is 0 Å². The third kappa shape index (κ3) is 3.04. The Morgan fingerprint density at radius 1 is 1.38 bits per heavy atom. The van der Waals surface area contributed by atoms with Crippen molar-refractivity contribution in [2.75, 3.05) is 6.54 Å². The third-order valence-corrected chi connectivity index (χ3v) is 3.21. The van der Waals surface area contributed by atoms with Gasteiger partial charge < -0.3 is 5.32 Å². The third-order valence-electron chi connectivity index (χ3n) is 3.21. The molecule has 1 atom stereocenters. The van der Waals surface area contributed by atoms with Gasteiger partial charge in [-0.1, -0.05) is 20.3 Å². The average Bonchev–Trinajstić information content (AvgIpc) is 2.76. The molecule has 16 heavy (non-hydrogen) atoms. The van der Waals surface area contributed by atoms with Crippen LogP contribution < -0.4 is 5.32 Å². The predicted octanol–water partition coefficient (Wildman–Crippen LogP) is 2.00. The van der Waals surface area contributed by atoms with Crippen LogP contribution in [0.1, 0.15) is 57.1 Å². The van der Waals surface area contributed by atoms with Crippen molar-refractivity contribution in [2.24, 2.45) is 0 Å². The molecular formula is C12H22N4. The van der Waals surface area contributed by atoms with Crippen LogP contribution in [-0.4, -0.2) is 27.8 Å². The topological polar surface area (TPSA) is 53.6 Å². The molecule has 1 saturated heterocycles. The Morgan fingerprint density at radius 3 is 2.88 bits per heavy atom. The Balaban J connectivity index is 1.79. The van der Waals surface area contributed by atoms with E-state index in [-0.39, 0.29) is 0 Å². The minimum atomic E-state index is 0.415. The summed E-state index contributed by atoms with van der Waals surface area (Å²) in [5.74, 6) is 2.39. The fourth-order valence-electron chi connectivity index (χ4n) is 2.16. The maximum Gasteiger partial charge on any atom is 0.153 e. The monoisotopic (exact) mass is 222 g/mol. The molecule has 0 aromatic carbocycles. The second-order valence-electron chi connectivity index (χ2n) is 4.98. The molecule has 1 unspecified atom stereocenters. The van der Waals surface area contributed by atoms with Gasteiger partial charge in [-0.15, -0.1) is 0 Å². The van der Waals surface area contributed by atoms with Crippen LogP contribution in [-0.2, 0) is 6.42 Å². The van der Waals surface area contributed by atoms with E-state index in [4.69, 9.17) is 0 Å². The molecule has 0 amide bonds. The van der Waals surface area contributed by atoms with E-state index >= 15 is 0 Å². The van der Waals surface area contributed by atoms with Crippen molar-refractivity contribution in [1.82, 2.24) is 20.5 Å². The summed E-state index contributed by atoms with van der Waals surface area (Å²) in [6.45, 7) is 5.42. The molecule has 1 aromatic heterocycles. The molecule has 0 saturated carbocycles. The average molecular weight is 222 g/mol. The number of rotatable bonds is 4. The van der Waals surface area contributed by atoms with Gasteiger partial charge in [0.05, 0.1) is 0 Å². The number of hydrogen-bond acceptors (Lipinski definition) is 3. The molecule has 0 radical (unpaired) electrons. The van der Waals surface area contributed by atoms with Crippen LogP contribution in [0, 0.1) is 0 Å². The molecule has 2 heterocycles. The maximum absolute atomic E-state index is 4.50. The normalized spacial score (nSPS) is 21.6. The standard InChI is InChI=1S/C12H22N4/c1-9(2)12-14-11(15-16-12)7-6-10-5-3-4-8-13-10/h9-10,13H,3-8H2,1-2H3,(H,14,15,16). The zero-order chi connectivity index (χ0) is 11.4. The molecule has 1 aliphatic rings. The number of nitrogens with one attached hydrogen (secondary N) is 2. The van der Waals surface area contributed by atoms with E-state index in [2.05, 4.69) is 34.3 Å². The molecule has 4 nitrogen and oxygen atoms in total. The van der Waals surface area contributed by atoms with Crippen molar-refractivity contribution in [3.8, 4) is 0 Å². The Labute approximate surface area is 97.2 Å². The molecule has 0 spiro atoms. The van der Waals surface area contributed by atoms with Gasteiger partial charge in [0.15, 0.2) is 5.82 Å². The van der Waals surface area contributed by atoms with Gasteiger partial charge in [0, 0.05) is 18.4 Å². The van der Waals surface area contributed by atoms with E-state index < -0.39 is 0 Å². The van der Waals surface area contributed by atoms with Crippen molar-refractivity contribution in [1.29, 1.82) is 0 Å². The van der Waals surface area contributed by atoms with Crippen molar-refractivity contribution in [2.45, 2.75) is 57.9 Å². The first-order chi connectivity index (χ1) is 7.75. The van der Waals surface area contributed by atoms with E-state index in [9.17, 15) is 0 Å². The Kier molecular flexibility index (Phi) is 3.93. The van der Waals surface area contributed by atoms with E-state index in [1.54, 1.807) is 0 Å². The number of aromatic nitrogens is 3. The van der Waals surface area contributed by atoms with Gasteiger partial charge in [0.25, 0.3) is 0 Å². The summed E-state index contributed by atoms with van der Waals surface area (Å²) in [5, 5.41) is 10.8. The summed E-state index contributed by atoms with van der Waals surface area (Å²) in [6.07, 6.45) is 6.19. The number of nitrogens with zero attached hydrogens (tertiary/aromatic N) is 2. The fourth-order valence-corrected chi connectivity index (χ4v) is 2.16. The fraction of sp³-hybridized carbons (Fsp3) is 0.833. The Hall–Kier alpha value is -0.900. The molecule has 0 bridgehead atoms. The molecule has 90 valence electrons. The second kappa shape index (κ2) is 5.43. The minimum Gasteiger partial charge on any atom is -0.314 e. The summed E-state index contributed by atoms with van der Waals surface area (Å²) in [5.41, 5.74) is 0. The van der Waals surface area contributed by atoms with Crippen LogP contribution in [0.15, 0.2) is 0 Å². The van der Waals surface area contributed by atoms with Crippen LogP contribution in [0.4, 0.5) is 0 Å². The highest BCUT2D eigenvalue weighted by Gasteiger charge is 2.13. The van der Waals surface area contributed by atoms with Gasteiger partial charge in [-0.2, -0.15) is 5.10 Å². The second-order valence-corrected chi connectivity index (χ2v) is 4.98. The van der Waals surface area contributed by atoms with Gasteiger partial charge in [-0.25, -0.2) is 4.98 Å². The van der Waals surface area contributed by atoms with Crippen molar-refractivity contribution >= 4 is 0 Å². The Bertz CT molecular complexity index is 313. The lowest BCUT2D eigenvalue weighted by atomic mass is 10.0. The van der Waals surface area contributed by atoms with Crippen LogP contribution in [0.25, 0.3) is 0 Å². The first-order valence-electron chi connectivity index (χ1n) is 6.40. The number of aromatic amines is 1. The molecular weight excluding hydrogens is 200 g/mol. The Morgan fingerprint density at radius 2 is 2.25 bits per heavy atom. The number of H-pyrrole nitrogens is 1. The highest BCUT2D eigenvalue weighted by molar-refractivity contribution is 4.95. The van der Waals surface area contributed by atoms with Gasteiger partial charge in [0.2, 0.25) is 0 Å². The molecule has 1 aromatic rings. The highest BCUT2D eigenvalue weighted by Crippen LogP contribution is 2.13. The molecule has 2 rings (SSSR count). The van der Waals surface area contributed by atoms with Gasteiger partial charge in [-0.05, 0) is 25.8 Å². The number of hydrogen-bond donors (Lipinski definition) is 2. The first kappa shape index (κ1) is 11.6. The van der Waals surface area contributed by atoms with Gasteiger partial charge in [0.1, 0.15) is 5.82 Å². The highest BCUT2D eigenvalue weighted by atomic mass is 15.2. The van der Waals surface area contributed by atoms with Crippen LogP contribution in [0.2, 0.25) is 0 Å². The van der Waals surface area contributed by atoms with Crippen molar-refractivity contribution in [3.63, 3.8) is 0 Å².